The Balaban J connectivity index is 0.000000461. The molecule has 1 atom stereocenters. The molecule has 2 rings (SSSR count). The van der Waals surface area contributed by atoms with E-state index in [-0.39, 0.29) is 0 Å². The van der Waals surface area contributed by atoms with Crippen LogP contribution < -0.4 is 5.32 Å². The van der Waals surface area contributed by atoms with Crippen molar-refractivity contribution in [2.24, 2.45) is 0 Å². The molecule has 0 bridgehead atoms. The molecule has 0 fully saturated rings. The number of hydrogen-bond donors (Lipinski definition) is 2. The van der Waals surface area contributed by atoms with E-state index in [2.05, 4.69) is 5.32 Å². The van der Waals surface area contributed by atoms with Crippen LogP contribution in [0.4, 0.5) is 0 Å². The van der Waals surface area contributed by atoms with Gasteiger partial charge in [0.2, 0.25) is 0 Å². The Hall–Kier alpha value is -0.870. The van der Waals surface area contributed by atoms with Gasteiger partial charge in [0.25, 0.3) is 0 Å². The van der Waals surface area contributed by atoms with Crippen LogP contribution in [0.5, 0.6) is 0 Å². The van der Waals surface area contributed by atoms with Gasteiger partial charge in [0, 0.05) is 11.4 Å². The molecule has 2 heterocycles. The first kappa shape index (κ1) is 11.2. The standard InChI is InChI=1S/C8H9NO2S.C2H6/c10-8(11)6-3-5-1-2-12-7(5)4-9-6;1-2/h1-2,6,9H,3-4H2,(H,10,11);1-2H3. The van der Waals surface area contributed by atoms with Gasteiger partial charge in [-0.3, -0.25) is 10.1 Å². The summed E-state index contributed by atoms with van der Waals surface area (Å²) in [6, 6.07) is 1.61. The number of fused-ring (bicyclic) bond motifs is 1. The summed E-state index contributed by atoms with van der Waals surface area (Å²) in [7, 11) is 0. The van der Waals surface area contributed by atoms with Gasteiger partial charge >= 0.3 is 5.97 Å². The van der Waals surface area contributed by atoms with Crippen molar-refractivity contribution in [3.05, 3.63) is 21.9 Å². The van der Waals surface area contributed by atoms with Crippen molar-refractivity contribution in [1.29, 1.82) is 0 Å². The second-order valence-corrected chi connectivity index (χ2v) is 3.85. The third-order valence-corrected chi connectivity index (χ3v) is 3.03. The number of aliphatic carboxylic acids is 1. The molecule has 1 aromatic heterocycles. The van der Waals surface area contributed by atoms with E-state index in [0.29, 0.717) is 13.0 Å². The number of nitrogens with one attached hydrogen (secondary N) is 1. The molecular weight excluding hydrogens is 198 g/mol. The Morgan fingerprint density at radius 3 is 3.00 bits per heavy atom. The summed E-state index contributed by atoms with van der Waals surface area (Å²) in [5.74, 6) is -0.758. The third kappa shape index (κ3) is 2.33. The molecule has 4 heteroatoms. The first-order chi connectivity index (χ1) is 6.77. The van der Waals surface area contributed by atoms with E-state index in [1.54, 1.807) is 11.3 Å². The van der Waals surface area contributed by atoms with E-state index < -0.39 is 12.0 Å². The molecule has 2 N–H and O–H groups in total. The Kier molecular flexibility index (Phi) is 4.10. The molecule has 78 valence electrons. The van der Waals surface area contributed by atoms with Gasteiger partial charge in [-0.05, 0) is 23.4 Å². The Morgan fingerprint density at radius 1 is 1.64 bits per heavy atom. The quantitative estimate of drug-likeness (QED) is 0.748. The van der Waals surface area contributed by atoms with Crippen molar-refractivity contribution in [2.45, 2.75) is 32.9 Å². The van der Waals surface area contributed by atoms with E-state index in [4.69, 9.17) is 5.11 Å². The van der Waals surface area contributed by atoms with Crippen LogP contribution in [-0.2, 0) is 17.8 Å². The van der Waals surface area contributed by atoms with E-state index in [1.807, 2.05) is 25.3 Å². The van der Waals surface area contributed by atoms with Crippen molar-refractivity contribution < 1.29 is 9.90 Å². The fourth-order valence-electron chi connectivity index (χ4n) is 1.39. The Bertz CT molecular complexity index is 309. The predicted octanol–water partition coefficient (Wildman–Crippen LogP) is 1.87. The highest BCUT2D eigenvalue weighted by Crippen LogP contribution is 2.21. The van der Waals surface area contributed by atoms with Gasteiger partial charge in [0.05, 0.1) is 0 Å². The molecule has 0 aliphatic carbocycles. The normalized spacial score (nSPS) is 19.1. The van der Waals surface area contributed by atoms with Gasteiger partial charge in [0.1, 0.15) is 6.04 Å². The maximum atomic E-state index is 10.6. The van der Waals surface area contributed by atoms with Crippen LogP contribution in [0.15, 0.2) is 11.4 Å². The number of carboxylic acid groups (broad SMARTS) is 1. The lowest BCUT2D eigenvalue weighted by atomic mass is 10.0. The molecule has 0 amide bonds. The highest BCUT2D eigenvalue weighted by molar-refractivity contribution is 7.10. The van der Waals surface area contributed by atoms with Crippen molar-refractivity contribution in [3.8, 4) is 0 Å². The van der Waals surface area contributed by atoms with E-state index in [9.17, 15) is 4.79 Å². The van der Waals surface area contributed by atoms with E-state index >= 15 is 0 Å². The highest BCUT2D eigenvalue weighted by Gasteiger charge is 2.23. The number of rotatable bonds is 1. The second-order valence-electron chi connectivity index (χ2n) is 2.84. The summed E-state index contributed by atoms with van der Waals surface area (Å²) in [5.41, 5.74) is 1.19. The molecule has 1 aliphatic heterocycles. The molecule has 1 unspecified atom stereocenters. The molecule has 3 nitrogen and oxygen atoms in total. The summed E-state index contributed by atoms with van der Waals surface area (Å²) >= 11 is 1.68. The van der Waals surface area contributed by atoms with Crippen LogP contribution >= 0.6 is 11.3 Å². The van der Waals surface area contributed by atoms with Gasteiger partial charge in [-0.15, -0.1) is 11.3 Å². The summed E-state index contributed by atoms with van der Waals surface area (Å²) < 4.78 is 0. The topological polar surface area (TPSA) is 49.3 Å². The average molecular weight is 213 g/mol. The summed E-state index contributed by atoms with van der Waals surface area (Å²) in [5, 5.41) is 13.7. The number of thiophene rings is 1. The van der Waals surface area contributed by atoms with Crippen molar-refractivity contribution in [3.63, 3.8) is 0 Å². The molecule has 0 saturated carbocycles. The lowest BCUT2D eigenvalue weighted by Gasteiger charge is -2.19. The van der Waals surface area contributed by atoms with Gasteiger partial charge < -0.3 is 5.11 Å². The smallest absolute Gasteiger partial charge is 0.321 e. The summed E-state index contributed by atoms with van der Waals surface area (Å²) in [4.78, 5) is 11.9. The van der Waals surface area contributed by atoms with Crippen LogP contribution in [0.25, 0.3) is 0 Å². The van der Waals surface area contributed by atoms with Crippen molar-refractivity contribution in [2.75, 3.05) is 0 Å². The van der Waals surface area contributed by atoms with Gasteiger partial charge in [-0.2, -0.15) is 0 Å². The zero-order valence-corrected chi connectivity index (χ0v) is 9.23. The summed E-state index contributed by atoms with van der Waals surface area (Å²) in [6.07, 6.45) is 0.619. The maximum absolute atomic E-state index is 10.6. The van der Waals surface area contributed by atoms with Gasteiger partial charge in [0.15, 0.2) is 0 Å². The van der Waals surface area contributed by atoms with Gasteiger partial charge in [-0.1, -0.05) is 13.8 Å². The Labute approximate surface area is 87.8 Å². The largest absolute Gasteiger partial charge is 0.480 e. The molecule has 0 spiro atoms. The molecular formula is C10H15NO2S. The molecule has 0 radical (unpaired) electrons. The zero-order valence-electron chi connectivity index (χ0n) is 8.41. The average Bonchev–Trinajstić information content (AvgIpc) is 2.67. The van der Waals surface area contributed by atoms with Crippen molar-refractivity contribution in [1.82, 2.24) is 5.32 Å². The fraction of sp³-hybridized carbons (Fsp3) is 0.500. The minimum absolute atomic E-state index is 0.396. The first-order valence-electron chi connectivity index (χ1n) is 4.79. The lowest BCUT2D eigenvalue weighted by molar-refractivity contribution is -0.139. The fourth-order valence-corrected chi connectivity index (χ4v) is 2.25. The second kappa shape index (κ2) is 5.12. The van der Waals surface area contributed by atoms with Crippen LogP contribution in [0.3, 0.4) is 0 Å². The number of hydrogen-bond acceptors (Lipinski definition) is 3. The van der Waals surface area contributed by atoms with Crippen LogP contribution in [0.1, 0.15) is 24.3 Å². The minimum atomic E-state index is -0.758. The van der Waals surface area contributed by atoms with Crippen LogP contribution in [0.2, 0.25) is 0 Å². The molecule has 1 aromatic rings. The highest BCUT2D eigenvalue weighted by atomic mass is 32.1. The lowest BCUT2D eigenvalue weighted by Crippen LogP contribution is -2.40. The third-order valence-electron chi connectivity index (χ3n) is 2.07. The molecule has 1 aliphatic rings. The number of carbonyl (C=O) groups is 1. The SMILES string of the molecule is CC.O=C(O)C1Cc2ccsc2CN1. The molecule has 0 saturated heterocycles. The number of carboxylic acids is 1. The minimum Gasteiger partial charge on any atom is -0.480 e. The molecule has 14 heavy (non-hydrogen) atoms. The van der Waals surface area contributed by atoms with Crippen LogP contribution in [-0.4, -0.2) is 17.1 Å². The Morgan fingerprint density at radius 2 is 2.36 bits per heavy atom. The first-order valence-corrected chi connectivity index (χ1v) is 5.67. The predicted molar refractivity (Wildman–Crippen MR) is 57.6 cm³/mol. The van der Waals surface area contributed by atoms with E-state index in [1.165, 1.54) is 10.4 Å². The molecule has 0 aromatic carbocycles. The zero-order chi connectivity index (χ0) is 10.6. The van der Waals surface area contributed by atoms with Crippen LogP contribution in [0, 0.1) is 0 Å². The van der Waals surface area contributed by atoms with E-state index in [0.717, 1.165) is 0 Å². The summed E-state index contributed by atoms with van der Waals surface area (Å²) in [6.45, 7) is 4.70. The monoisotopic (exact) mass is 213 g/mol. The van der Waals surface area contributed by atoms with Gasteiger partial charge in [-0.25, -0.2) is 0 Å². The van der Waals surface area contributed by atoms with Crippen molar-refractivity contribution >= 4 is 17.3 Å². The maximum Gasteiger partial charge on any atom is 0.321 e.